The SMILES string of the molecule is C[C@@H](N)C(=O)N(C(=O)OCc1ccccc1)C(C(=O)[O-])C1CC(=O)NC1=O.[Na+]. The Hall–Kier alpha value is -2.27. The molecule has 2 rings (SSSR count). The summed E-state index contributed by atoms with van der Waals surface area (Å²) in [4.78, 5) is 60.0. The second kappa shape index (κ2) is 10.3. The molecule has 1 saturated heterocycles. The molecule has 0 saturated carbocycles. The van der Waals surface area contributed by atoms with Crippen molar-refractivity contribution in [1.82, 2.24) is 10.2 Å². The summed E-state index contributed by atoms with van der Waals surface area (Å²) < 4.78 is 5.02. The summed E-state index contributed by atoms with van der Waals surface area (Å²) in [6.07, 6.45) is -1.81. The summed E-state index contributed by atoms with van der Waals surface area (Å²) >= 11 is 0. The van der Waals surface area contributed by atoms with Gasteiger partial charge in [0.05, 0.1) is 24.0 Å². The zero-order chi connectivity index (χ0) is 20.1. The second-order valence-electron chi connectivity index (χ2n) is 6.02. The van der Waals surface area contributed by atoms with E-state index in [-0.39, 0.29) is 41.1 Å². The minimum atomic E-state index is -2.03. The van der Waals surface area contributed by atoms with Crippen LogP contribution in [0, 0.1) is 5.92 Å². The Labute approximate surface area is 182 Å². The van der Waals surface area contributed by atoms with E-state index >= 15 is 0 Å². The number of benzene rings is 1. The summed E-state index contributed by atoms with van der Waals surface area (Å²) in [6, 6.07) is 5.18. The van der Waals surface area contributed by atoms with Gasteiger partial charge in [-0.2, -0.15) is 0 Å². The average molecular weight is 399 g/mol. The number of rotatable bonds is 6. The molecule has 4 amide bonds. The Bertz CT molecular complexity index is 769. The molecule has 1 fully saturated rings. The predicted octanol–water partition coefficient (Wildman–Crippen LogP) is -4.72. The molecule has 0 spiro atoms. The molecule has 1 aromatic rings. The smallest absolute Gasteiger partial charge is 0.548 e. The third-order valence-electron chi connectivity index (χ3n) is 3.93. The van der Waals surface area contributed by atoms with E-state index in [1.807, 2.05) is 5.32 Å². The number of carboxylic acid groups (broad SMARTS) is 1. The molecule has 1 heterocycles. The molecule has 3 N–H and O–H groups in total. The van der Waals surface area contributed by atoms with Crippen molar-refractivity contribution in [2.75, 3.05) is 0 Å². The Morgan fingerprint density at radius 3 is 2.36 bits per heavy atom. The van der Waals surface area contributed by atoms with Crippen molar-refractivity contribution in [2.45, 2.75) is 32.0 Å². The number of carboxylic acids is 1. The zero-order valence-corrected chi connectivity index (χ0v) is 17.4. The van der Waals surface area contributed by atoms with Gasteiger partial charge in [0, 0.05) is 6.42 Å². The summed E-state index contributed by atoms with van der Waals surface area (Å²) in [5.41, 5.74) is 6.10. The van der Waals surface area contributed by atoms with E-state index in [1.54, 1.807) is 30.3 Å². The minimum Gasteiger partial charge on any atom is -0.548 e. The zero-order valence-electron chi connectivity index (χ0n) is 15.4. The maximum absolute atomic E-state index is 12.5. The Morgan fingerprint density at radius 1 is 1.29 bits per heavy atom. The van der Waals surface area contributed by atoms with Crippen LogP contribution < -0.4 is 45.7 Å². The van der Waals surface area contributed by atoms with E-state index in [4.69, 9.17) is 10.5 Å². The molecule has 2 unspecified atom stereocenters. The minimum absolute atomic E-state index is 0. The van der Waals surface area contributed by atoms with Crippen molar-refractivity contribution in [1.29, 1.82) is 0 Å². The van der Waals surface area contributed by atoms with Gasteiger partial charge in [0.25, 0.3) is 0 Å². The average Bonchev–Trinajstić information content (AvgIpc) is 2.95. The number of ether oxygens (including phenoxy) is 1. The number of nitrogens with one attached hydrogen (secondary N) is 1. The Morgan fingerprint density at radius 2 is 1.89 bits per heavy atom. The largest absolute Gasteiger partial charge is 1.00 e. The van der Waals surface area contributed by atoms with E-state index < -0.39 is 54.2 Å². The van der Waals surface area contributed by atoms with Crippen LogP contribution in [0.4, 0.5) is 4.79 Å². The molecule has 0 aliphatic carbocycles. The van der Waals surface area contributed by atoms with E-state index in [0.29, 0.717) is 5.56 Å². The van der Waals surface area contributed by atoms with E-state index in [1.165, 1.54) is 6.92 Å². The van der Waals surface area contributed by atoms with Crippen molar-refractivity contribution in [3.63, 3.8) is 0 Å². The second-order valence-corrected chi connectivity index (χ2v) is 6.02. The number of imide groups is 2. The fourth-order valence-corrected chi connectivity index (χ4v) is 2.63. The molecular weight excluding hydrogens is 381 g/mol. The van der Waals surface area contributed by atoms with E-state index in [9.17, 15) is 29.1 Å². The van der Waals surface area contributed by atoms with Crippen molar-refractivity contribution in [2.24, 2.45) is 11.7 Å². The standard InChI is InChI=1S/C17H19N3O7.Na/c1-9(18)15(23)20(17(26)27-8-10-5-3-2-4-6-10)13(16(24)25)11-7-12(21)19-14(11)22;/h2-6,9,11,13H,7-8,18H2,1H3,(H,24,25)(H,19,21,22);/q;+1/p-1/t9-,11?,13?;/m1./s1. The van der Waals surface area contributed by atoms with Crippen LogP contribution in [0.3, 0.4) is 0 Å². The number of amides is 4. The first kappa shape index (κ1) is 23.8. The summed E-state index contributed by atoms with van der Waals surface area (Å²) in [6.45, 7) is 1.00. The molecule has 0 bridgehead atoms. The number of aliphatic carboxylic acids is 1. The van der Waals surface area contributed by atoms with Crippen LogP contribution in [-0.2, 0) is 30.5 Å². The molecule has 1 aliphatic heterocycles. The van der Waals surface area contributed by atoms with Gasteiger partial charge in [0.15, 0.2) is 0 Å². The maximum atomic E-state index is 12.5. The molecule has 1 aliphatic rings. The molecule has 11 heteroatoms. The van der Waals surface area contributed by atoms with Crippen LogP contribution in [0.1, 0.15) is 18.9 Å². The van der Waals surface area contributed by atoms with Gasteiger partial charge in [-0.05, 0) is 12.5 Å². The molecule has 28 heavy (non-hydrogen) atoms. The van der Waals surface area contributed by atoms with Crippen molar-refractivity contribution < 1.29 is 63.4 Å². The van der Waals surface area contributed by atoms with Gasteiger partial charge in [-0.1, -0.05) is 30.3 Å². The van der Waals surface area contributed by atoms with Gasteiger partial charge >= 0.3 is 35.7 Å². The van der Waals surface area contributed by atoms with Crippen LogP contribution in [-0.4, -0.2) is 46.8 Å². The van der Waals surface area contributed by atoms with E-state index in [0.717, 1.165) is 0 Å². The van der Waals surface area contributed by atoms with Gasteiger partial charge in [-0.15, -0.1) is 0 Å². The monoisotopic (exact) mass is 399 g/mol. The van der Waals surface area contributed by atoms with Gasteiger partial charge in [0.1, 0.15) is 6.61 Å². The fourth-order valence-electron chi connectivity index (χ4n) is 2.63. The Kier molecular flexibility index (Phi) is 8.76. The van der Waals surface area contributed by atoms with Gasteiger partial charge in [0.2, 0.25) is 17.7 Å². The van der Waals surface area contributed by atoms with Gasteiger partial charge in [-0.3, -0.25) is 19.7 Å². The summed E-state index contributed by atoms with van der Waals surface area (Å²) in [5, 5.41) is 13.6. The number of carbonyl (C=O) groups is 5. The predicted molar refractivity (Wildman–Crippen MR) is 87.2 cm³/mol. The van der Waals surface area contributed by atoms with Crippen LogP contribution in [0.2, 0.25) is 0 Å². The quantitative estimate of drug-likeness (QED) is 0.356. The maximum Gasteiger partial charge on any atom is 1.00 e. The number of nitrogens with two attached hydrogens (primary N) is 1. The topological polar surface area (TPSA) is 159 Å². The van der Waals surface area contributed by atoms with Crippen LogP contribution in [0.5, 0.6) is 0 Å². The first-order valence-corrected chi connectivity index (χ1v) is 8.06. The third kappa shape index (κ3) is 5.61. The number of hydrogen-bond acceptors (Lipinski definition) is 8. The molecular formula is C17H18N3NaO7. The van der Waals surface area contributed by atoms with Crippen molar-refractivity contribution in [3.05, 3.63) is 35.9 Å². The fraction of sp³-hybridized carbons (Fsp3) is 0.353. The number of hydrogen-bond donors (Lipinski definition) is 2. The normalized spacial score (nSPS) is 17.7. The van der Waals surface area contributed by atoms with E-state index in [2.05, 4.69) is 0 Å². The molecule has 0 aromatic heterocycles. The summed E-state index contributed by atoms with van der Waals surface area (Å²) in [5.74, 6) is -6.09. The summed E-state index contributed by atoms with van der Waals surface area (Å²) in [7, 11) is 0. The first-order valence-electron chi connectivity index (χ1n) is 8.06. The number of carbonyl (C=O) groups excluding carboxylic acids is 5. The molecule has 0 radical (unpaired) electrons. The molecule has 144 valence electrons. The van der Waals surface area contributed by atoms with Crippen LogP contribution >= 0.6 is 0 Å². The van der Waals surface area contributed by atoms with Gasteiger partial charge in [-0.25, -0.2) is 9.69 Å². The molecule has 10 nitrogen and oxygen atoms in total. The first-order chi connectivity index (χ1) is 12.7. The van der Waals surface area contributed by atoms with Crippen LogP contribution in [0.15, 0.2) is 30.3 Å². The van der Waals surface area contributed by atoms with Crippen molar-refractivity contribution >= 4 is 29.8 Å². The van der Waals surface area contributed by atoms with Crippen molar-refractivity contribution in [3.8, 4) is 0 Å². The van der Waals surface area contributed by atoms with Crippen LogP contribution in [0.25, 0.3) is 0 Å². The Balaban J connectivity index is 0.00000392. The molecule has 1 aromatic carbocycles. The third-order valence-corrected chi connectivity index (χ3v) is 3.93. The molecule has 3 atom stereocenters. The number of nitrogens with zero attached hydrogens (tertiary/aromatic N) is 1. The van der Waals surface area contributed by atoms with Gasteiger partial charge < -0.3 is 20.4 Å².